The molecule has 0 aromatic heterocycles. The second-order valence-corrected chi connectivity index (χ2v) is 5.48. The molecule has 1 unspecified atom stereocenters. The number of likely N-dealkylation sites (N-methyl/N-ethyl adjacent to an activating group) is 1. The van der Waals surface area contributed by atoms with Crippen molar-refractivity contribution in [2.75, 3.05) is 53.6 Å². The number of hydrogen-bond donors (Lipinski definition) is 1. The first kappa shape index (κ1) is 15.1. The summed E-state index contributed by atoms with van der Waals surface area (Å²) in [6, 6.07) is 7.47. The van der Waals surface area contributed by atoms with Crippen molar-refractivity contribution >= 4 is 0 Å². The Kier molecular flexibility index (Phi) is 5.23. The Morgan fingerprint density at radius 1 is 1.25 bits per heavy atom. The molecule has 0 aliphatic carbocycles. The number of aliphatic hydroxyl groups excluding tert-OH is 1. The van der Waals surface area contributed by atoms with Crippen molar-refractivity contribution in [3.8, 4) is 11.5 Å². The number of nitrogens with zero attached hydrogens (tertiary/aromatic N) is 1. The fourth-order valence-electron chi connectivity index (χ4n) is 2.45. The standard InChI is InChI=1S/C15H24NO4/c1-16(7-9-19-10-8-16)11-13(17)12-20-15-6-4-3-5-14(15)18-2/h3-6,13,17H,7-12H2,1-2H3/q+1. The average Bonchev–Trinajstić information content (AvgIpc) is 2.45. The lowest BCUT2D eigenvalue weighted by atomic mass is 10.2. The minimum atomic E-state index is -0.497. The van der Waals surface area contributed by atoms with Gasteiger partial charge >= 0.3 is 0 Å². The van der Waals surface area contributed by atoms with Gasteiger partial charge in [-0.2, -0.15) is 0 Å². The molecular formula is C15H24NO4+. The van der Waals surface area contributed by atoms with E-state index in [1.54, 1.807) is 7.11 Å². The van der Waals surface area contributed by atoms with Gasteiger partial charge in [-0.25, -0.2) is 0 Å². The zero-order valence-corrected chi connectivity index (χ0v) is 12.2. The molecule has 5 heteroatoms. The van der Waals surface area contributed by atoms with Crippen LogP contribution >= 0.6 is 0 Å². The van der Waals surface area contributed by atoms with E-state index >= 15 is 0 Å². The summed E-state index contributed by atoms with van der Waals surface area (Å²) in [6.07, 6.45) is -0.497. The van der Waals surface area contributed by atoms with E-state index in [0.717, 1.165) is 30.8 Å². The topological polar surface area (TPSA) is 47.9 Å². The smallest absolute Gasteiger partial charge is 0.161 e. The Bertz CT molecular complexity index is 418. The van der Waals surface area contributed by atoms with Gasteiger partial charge in [0.1, 0.15) is 32.3 Å². The van der Waals surface area contributed by atoms with Crippen LogP contribution in [0.1, 0.15) is 0 Å². The average molecular weight is 282 g/mol. The third kappa shape index (κ3) is 4.10. The number of hydrogen-bond acceptors (Lipinski definition) is 4. The highest BCUT2D eigenvalue weighted by atomic mass is 16.5. The van der Waals surface area contributed by atoms with Gasteiger partial charge in [0, 0.05) is 0 Å². The van der Waals surface area contributed by atoms with Crippen LogP contribution in [0, 0.1) is 0 Å². The molecule has 0 saturated carbocycles. The molecule has 112 valence electrons. The van der Waals surface area contributed by atoms with Crippen molar-refractivity contribution in [2.45, 2.75) is 6.10 Å². The Balaban J connectivity index is 1.84. The Hall–Kier alpha value is -1.30. The summed E-state index contributed by atoms with van der Waals surface area (Å²) >= 11 is 0. The maximum absolute atomic E-state index is 10.2. The lowest BCUT2D eigenvalue weighted by Crippen LogP contribution is -2.56. The molecule has 1 aromatic carbocycles. The molecular weight excluding hydrogens is 258 g/mol. The maximum Gasteiger partial charge on any atom is 0.161 e. The molecule has 2 rings (SSSR count). The van der Waals surface area contributed by atoms with Gasteiger partial charge in [0.15, 0.2) is 11.5 Å². The third-order valence-electron chi connectivity index (χ3n) is 3.70. The van der Waals surface area contributed by atoms with Crippen LogP contribution in [-0.4, -0.2) is 69.3 Å². The van der Waals surface area contributed by atoms with Crippen LogP contribution < -0.4 is 9.47 Å². The van der Waals surface area contributed by atoms with Crippen LogP contribution in [-0.2, 0) is 4.74 Å². The number of methoxy groups -OCH3 is 1. The lowest BCUT2D eigenvalue weighted by Gasteiger charge is -2.38. The first-order chi connectivity index (χ1) is 9.63. The fraction of sp³-hybridized carbons (Fsp3) is 0.600. The van der Waals surface area contributed by atoms with Gasteiger partial charge in [0.2, 0.25) is 0 Å². The second kappa shape index (κ2) is 6.92. The third-order valence-corrected chi connectivity index (χ3v) is 3.70. The number of ether oxygens (including phenoxy) is 3. The molecule has 1 aliphatic rings. The number of morpholine rings is 1. The van der Waals surface area contributed by atoms with E-state index in [-0.39, 0.29) is 6.61 Å². The molecule has 5 nitrogen and oxygen atoms in total. The highest BCUT2D eigenvalue weighted by Crippen LogP contribution is 2.25. The maximum atomic E-state index is 10.2. The zero-order chi connectivity index (χ0) is 14.4. The molecule has 1 saturated heterocycles. The van der Waals surface area contributed by atoms with Crippen LogP contribution in [0.2, 0.25) is 0 Å². The highest BCUT2D eigenvalue weighted by Gasteiger charge is 2.28. The Labute approximate surface area is 120 Å². The van der Waals surface area contributed by atoms with Gasteiger partial charge in [-0.3, -0.25) is 0 Å². The summed E-state index contributed by atoms with van der Waals surface area (Å²) in [5.41, 5.74) is 0. The highest BCUT2D eigenvalue weighted by molar-refractivity contribution is 5.39. The second-order valence-electron chi connectivity index (χ2n) is 5.48. The van der Waals surface area contributed by atoms with Crippen molar-refractivity contribution in [1.82, 2.24) is 0 Å². The van der Waals surface area contributed by atoms with Crippen LogP contribution in [0.3, 0.4) is 0 Å². The summed E-state index contributed by atoms with van der Waals surface area (Å²) in [5, 5.41) is 10.2. The zero-order valence-electron chi connectivity index (χ0n) is 12.2. The normalized spacial score (nSPS) is 19.4. The number of para-hydroxylation sites is 2. The summed E-state index contributed by atoms with van der Waals surface area (Å²) < 4.78 is 17.1. The molecule has 1 aliphatic heterocycles. The molecule has 0 spiro atoms. The lowest BCUT2D eigenvalue weighted by molar-refractivity contribution is -0.919. The minimum Gasteiger partial charge on any atom is -0.493 e. The van der Waals surface area contributed by atoms with Crippen LogP contribution in [0.4, 0.5) is 0 Å². The van der Waals surface area contributed by atoms with Crippen molar-refractivity contribution in [1.29, 1.82) is 0 Å². The van der Waals surface area contributed by atoms with Gasteiger partial charge in [-0.05, 0) is 12.1 Å². The summed E-state index contributed by atoms with van der Waals surface area (Å²) in [6.45, 7) is 4.35. The van der Waals surface area contributed by atoms with Gasteiger partial charge in [0.05, 0.1) is 27.4 Å². The van der Waals surface area contributed by atoms with Gasteiger partial charge in [-0.1, -0.05) is 12.1 Å². The van der Waals surface area contributed by atoms with Gasteiger partial charge in [-0.15, -0.1) is 0 Å². The fourth-order valence-corrected chi connectivity index (χ4v) is 2.45. The minimum absolute atomic E-state index is 0.273. The molecule has 0 bridgehead atoms. The van der Waals surface area contributed by atoms with Crippen molar-refractivity contribution < 1.29 is 23.8 Å². The van der Waals surface area contributed by atoms with Gasteiger partial charge < -0.3 is 23.8 Å². The van der Waals surface area contributed by atoms with Crippen molar-refractivity contribution in [3.05, 3.63) is 24.3 Å². The number of benzene rings is 1. The number of rotatable bonds is 6. The van der Waals surface area contributed by atoms with E-state index in [9.17, 15) is 5.11 Å². The Morgan fingerprint density at radius 2 is 1.90 bits per heavy atom. The van der Waals surface area contributed by atoms with E-state index in [1.807, 2.05) is 24.3 Å². The number of quaternary nitrogens is 1. The monoisotopic (exact) mass is 282 g/mol. The molecule has 0 radical (unpaired) electrons. The summed E-state index contributed by atoms with van der Waals surface area (Å²) in [7, 11) is 3.76. The molecule has 1 N–H and O–H groups in total. The van der Waals surface area contributed by atoms with E-state index in [0.29, 0.717) is 18.0 Å². The predicted octanol–water partition coefficient (Wildman–Crippen LogP) is 0.912. The molecule has 1 atom stereocenters. The van der Waals surface area contributed by atoms with Crippen molar-refractivity contribution in [2.24, 2.45) is 0 Å². The number of aliphatic hydroxyl groups is 1. The Morgan fingerprint density at radius 3 is 2.55 bits per heavy atom. The van der Waals surface area contributed by atoms with E-state index in [1.165, 1.54) is 0 Å². The molecule has 1 heterocycles. The first-order valence-corrected chi connectivity index (χ1v) is 6.98. The first-order valence-electron chi connectivity index (χ1n) is 6.98. The molecule has 20 heavy (non-hydrogen) atoms. The van der Waals surface area contributed by atoms with E-state index in [4.69, 9.17) is 14.2 Å². The molecule has 1 aromatic rings. The van der Waals surface area contributed by atoms with Crippen LogP contribution in [0.15, 0.2) is 24.3 Å². The van der Waals surface area contributed by atoms with Gasteiger partial charge in [0.25, 0.3) is 0 Å². The SMILES string of the molecule is COc1ccccc1OCC(O)C[N+]1(C)CCOCC1. The van der Waals surface area contributed by atoms with E-state index in [2.05, 4.69) is 7.05 Å². The van der Waals surface area contributed by atoms with E-state index < -0.39 is 6.10 Å². The quantitative estimate of drug-likeness (QED) is 0.788. The van der Waals surface area contributed by atoms with Crippen molar-refractivity contribution in [3.63, 3.8) is 0 Å². The van der Waals surface area contributed by atoms with Crippen LogP contribution in [0.5, 0.6) is 11.5 Å². The molecule has 1 fully saturated rings. The summed E-state index contributed by atoms with van der Waals surface area (Å²) in [5.74, 6) is 1.35. The predicted molar refractivity (Wildman–Crippen MR) is 76.1 cm³/mol. The molecule has 0 amide bonds. The summed E-state index contributed by atoms with van der Waals surface area (Å²) in [4.78, 5) is 0. The largest absolute Gasteiger partial charge is 0.493 e. The van der Waals surface area contributed by atoms with Crippen LogP contribution in [0.25, 0.3) is 0 Å².